The van der Waals surface area contributed by atoms with E-state index in [4.69, 9.17) is 4.74 Å². The molecule has 0 amide bonds. The first-order valence-electron chi connectivity index (χ1n) is 11.1. The summed E-state index contributed by atoms with van der Waals surface area (Å²) in [7, 11) is 3.04. The molecule has 9 heteroatoms. The molecule has 3 aromatic rings. The SMILES string of the molecule is COC(=O)CC(c1ccc(F)cc1)N1CCN(c2cc(=O)n(C)c3ccc(C#N)nc23)C(C)C1. The number of piperazine rings is 1. The summed E-state index contributed by atoms with van der Waals surface area (Å²) in [6.07, 6.45) is 0.150. The lowest BCUT2D eigenvalue weighted by Gasteiger charge is -2.44. The summed E-state index contributed by atoms with van der Waals surface area (Å²) in [5.41, 5.74) is 2.92. The minimum absolute atomic E-state index is 0.0165. The molecule has 8 nitrogen and oxygen atoms in total. The van der Waals surface area contributed by atoms with Crippen molar-refractivity contribution in [3.63, 3.8) is 0 Å². The van der Waals surface area contributed by atoms with Crippen LogP contribution in [0.3, 0.4) is 0 Å². The van der Waals surface area contributed by atoms with Crippen LogP contribution in [-0.4, -0.2) is 53.2 Å². The number of carbonyl (C=O) groups excluding carboxylic acids is 1. The topological polar surface area (TPSA) is 91.5 Å². The first-order valence-corrected chi connectivity index (χ1v) is 11.1. The van der Waals surface area contributed by atoms with Crippen LogP contribution in [0.2, 0.25) is 0 Å². The maximum absolute atomic E-state index is 13.5. The van der Waals surface area contributed by atoms with Crippen molar-refractivity contribution in [2.24, 2.45) is 7.05 Å². The highest BCUT2D eigenvalue weighted by Crippen LogP contribution is 2.31. The molecular weight excluding hydrogens is 437 g/mol. The molecule has 1 aliphatic heterocycles. The van der Waals surface area contributed by atoms with Crippen LogP contribution < -0.4 is 10.5 Å². The van der Waals surface area contributed by atoms with Gasteiger partial charge in [0.15, 0.2) is 0 Å². The Hall–Kier alpha value is -3.77. The average Bonchev–Trinajstić information content (AvgIpc) is 2.85. The van der Waals surface area contributed by atoms with Gasteiger partial charge < -0.3 is 14.2 Å². The number of carbonyl (C=O) groups is 1. The molecule has 34 heavy (non-hydrogen) atoms. The third-order valence-electron chi connectivity index (χ3n) is 6.43. The molecule has 1 fully saturated rings. The predicted octanol–water partition coefficient (Wildman–Crippen LogP) is 2.76. The summed E-state index contributed by atoms with van der Waals surface area (Å²) in [6, 6.07) is 12.9. The Bertz CT molecular complexity index is 1320. The average molecular weight is 464 g/mol. The summed E-state index contributed by atoms with van der Waals surface area (Å²) in [6.45, 7) is 3.84. The number of nitrogens with zero attached hydrogens (tertiary/aromatic N) is 5. The number of benzene rings is 1. The number of hydrogen-bond donors (Lipinski definition) is 0. The summed E-state index contributed by atoms with van der Waals surface area (Å²) >= 11 is 0. The van der Waals surface area contributed by atoms with Gasteiger partial charge in [-0.05, 0) is 36.8 Å². The molecule has 0 saturated carbocycles. The summed E-state index contributed by atoms with van der Waals surface area (Å²) in [5.74, 6) is -0.671. The van der Waals surface area contributed by atoms with Crippen LogP contribution in [0.25, 0.3) is 11.0 Å². The highest BCUT2D eigenvalue weighted by atomic mass is 19.1. The molecule has 3 heterocycles. The van der Waals surface area contributed by atoms with Crippen LogP contribution in [0.4, 0.5) is 10.1 Å². The molecule has 0 spiro atoms. The van der Waals surface area contributed by atoms with Gasteiger partial charge in [0.1, 0.15) is 23.1 Å². The molecular formula is C25H26FN5O3. The van der Waals surface area contributed by atoms with Crippen LogP contribution in [0.5, 0.6) is 0 Å². The molecule has 0 bridgehead atoms. The van der Waals surface area contributed by atoms with Crippen molar-refractivity contribution in [3.05, 3.63) is 69.9 Å². The molecule has 1 aromatic carbocycles. The number of esters is 1. The number of methoxy groups -OCH3 is 1. The van der Waals surface area contributed by atoms with Crippen LogP contribution in [0.15, 0.2) is 47.3 Å². The molecule has 4 rings (SSSR count). The van der Waals surface area contributed by atoms with Gasteiger partial charge in [-0.25, -0.2) is 9.37 Å². The van der Waals surface area contributed by atoms with E-state index in [1.165, 1.54) is 23.8 Å². The van der Waals surface area contributed by atoms with Gasteiger partial charge in [-0.15, -0.1) is 0 Å². The van der Waals surface area contributed by atoms with Gasteiger partial charge in [0.25, 0.3) is 5.56 Å². The highest BCUT2D eigenvalue weighted by Gasteiger charge is 2.32. The second-order valence-corrected chi connectivity index (χ2v) is 8.49. The molecule has 1 aliphatic rings. The number of aromatic nitrogens is 2. The molecule has 176 valence electrons. The van der Waals surface area contributed by atoms with Crippen molar-refractivity contribution in [2.45, 2.75) is 25.4 Å². The number of fused-ring (bicyclic) bond motifs is 1. The zero-order valence-corrected chi connectivity index (χ0v) is 19.4. The fourth-order valence-electron chi connectivity index (χ4n) is 4.60. The number of halogens is 1. The quantitative estimate of drug-likeness (QED) is 0.538. The van der Waals surface area contributed by atoms with Crippen molar-refractivity contribution in [3.8, 4) is 6.07 Å². The Balaban J connectivity index is 1.66. The molecule has 2 aromatic heterocycles. The van der Waals surface area contributed by atoms with E-state index in [1.54, 1.807) is 37.4 Å². The first-order chi connectivity index (χ1) is 16.3. The fourth-order valence-corrected chi connectivity index (χ4v) is 4.60. The number of nitriles is 1. The summed E-state index contributed by atoms with van der Waals surface area (Å²) in [5, 5.41) is 9.33. The Kier molecular flexibility index (Phi) is 6.61. The van der Waals surface area contributed by atoms with Crippen LogP contribution in [-0.2, 0) is 16.6 Å². The first kappa shape index (κ1) is 23.4. The van der Waals surface area contributed by atoms with Crippen molar-refractivity contribution in [1.82, 2.24) is 14.5 Å². The monoisotopic (exact) mass is 463 g/mol. The molecule has 1 saturated heterocycles. The van der Waals surface area contributed by atoms with Crippen molar-refractivity contribution < 1.29 is 13.9 Å². The largest absolute Gasteiger partial charge is 0.469 e. The zero-order chi connectivity index (χ0) is 24.4. The highest BCUT2D eigenvalue weighted by molar-refractivity contribution is 5.89. The second kappa shape index (κ2) is 9.61. The van der Waals surface area contributed by atoms with E-state index in [2.05, 4.69) is 20.9 Å². The van der Waals surface area contributed by atoms with E-state index in [9.17, 15) is 19.2 Å². The second-order valence-electron chi connectivity index (χ2n) is 8.49. The van der Waals surface area contributed by atoms with E-state index in [0.29, 0.717) is 36.4 Å². The van der Waals surface area contributed by atoms with E-state index >= 15 is 0 Å². The molecule has 0 N–H and O–H groups in total. The smallest absolute Gasteiger partial charge is 0.307 e. The lowest BCUT2D eigenvalue weighted by atomic mass is 9.99. The van der Waals surface area contributed by atoms with Gasteiger partial charge >= 0.3 is 5.97 Å². The van der Waals surface area contributed by atoms with Crippen LogP contribution >= 0.6 is 0 Å². The summed E-state index contributed by atoms with van der Waals surface area (Å²) in [4.78, 5) is 33.6. The Labute approximate surface area is 196 Å². The summed E-state index contributed by atoms with van der Waals surface area (Å²) < 4.78 is 19.9. The Morgan fingerprint density at radius 2 is 2.00 bits per heavy atom. The van der Waals surface area contributed by atoms with Crippen molar-refractivity contribution in [1.29, 1.82) is 5.26 Å². The van der Waals surface area contributed by atoms with Gasteiger partial charge in [0.2, 0.25) is 0 Å². The number of ether oxygens (including phenoxy) is 1. The fraction of sp³-hybridized carbons (Fsp3) is 0.360. The minimum Gasteiger partial charge on any atom is -0.469 e. The lowest BCUT2D eigenvalue weighted by Crippen LogP contribution is -2.53. The van der Waals surface area contributed by atoms with E-state index in [1.807, 2.05) is 6.92 Å². The number of pyridine rings is 2. The lowest BCUT2D eigenvalue weighted by molar-refractivity contribution is -0.142. The van der Waals surface area contributed by atoms with E-state index in [-0.39, 0.29) is 41.5 Å². The number of hydrogen-bond acceptors (Lipinski definition) is 7. The van der Waals surface area contributed by atoms with E-state index < -0.39 is 0 Å². The molecule has 0 aliphatic carbocycles. The third-order valence-corrected chi connectivity index (χ3v) is 6.43. The Morgan fingerprint density at radius 1 is 1.26 bits per heavy atom. The van der Waals surface area contributed by atoms with Gasteiger partial charge in [0, 0.05) is 44.8 Å². The number of aryl methyl sites for hydroxylation is 1. The normalized spacial score (nSPS) is 17.4. The molecule has 0 radical (unpaired) electrons. The maximum atomic E-state index is 13.5. The van der Waals surface area contributed by atoms with Crippen molar-refractivity contribution in [2.75, 3.05) is 31.6 Å². The zero-order valence-electron chi connectivity index (χ0n) is 19.4. The Morgan fingerprint density at radius 3 is 2.65 bits per heavy atom. The number of anilines is 1. The van der Waals surface area contributed by atoms with Gasteiger partial charge in [0.05, 0.1) is 24.7 Å². The molecule has 2 unspecified atom stereocenters. The van der Waals surface area contributed by atoms with Crippen molar-refractivity contribution >= 4 is 22.7 Å². The molecule has 2 atom stereocenters. The van der Waals surface area contributed by atoms with Gasteiger partial charge in [-0.2, -0.15) is 5.26 Å². The predicted molar refractivity (Wildman–Crippen MR) is 126 cm³/mol. The van der Waals surface area contributed by atoms with E-state index in [0.717, 1.165) is 5.56 Å². The standard InChI is InChI=1S/C25H26FN5O3/c1-16-15-30(21(13-24(33)34-3)17-4-6-18(26)7-5-17)10-11-31(16)22-12-23(32)29(2)20-9-8-19(14-27)28-25(20)22/h4-9,12,16,21H,10-11,13,15H2,1-3H3. The third kappa shape index (κ3) is 4.50. The van der Waals surface area contributed by atoms with Gasteiger partial charge in [-0.3, -0.25) is 14.5 Å². The number of rotatable bonds is 5. The van der Waals surface area contributed by atoms with Gasteiger partial charge in [-0.1, -0.05) is 12.1 Å². The maximum Gasteiger partial charge on any atom is 0.307 e. The minimum atomic E-state index is -0.338. The van der Waals surface area contributed by atoms with Crippen LogP contribution in [0, 0.1) is 17.1 Å². The van der Waals surface area contributed by atoms with Crippen LogP contribution in [0.1, 0.15) is 30.6 Å².